The van der Waals surface area contributed by atoms with E-state index in [1.807, 2.05) is 24.3 Å². The summed E-state index contributed by atoms with van der Waals surface area (Å²) in [5, 5.41) is 15.6. The Hall–Kier alpha value is -4.33. The monoisotopic (exact) mass is 516 g/mol. The van der Waals surface area contributed by atoms with Crippen LogP contribution in [0, 0.1) is 0 Å². The van der Waals surface area contributed by atoms with Crippen molar-refractivity contribution in [2.24, 2.45) is 38.7 Å². The summed E-state index contributed by atoms with van der Waals surface area (Å²) < 4.78 is 0. The second-order valence-corrected chi connectivity index (χ2v) is 8.53. The van der Waals surface area contributed by atoms with E-state index in [1.165, 1.54) is 0 Å². The average molecular weight is 517 g/mol. The topological polar surface area (TPSA) is 266 Å². The fourth-order valence-electron chi connectivity index (χ4n) is 3.71. The van der Waals surface area contributed by atoms with E-state index in [1.54, 1.807) is 6.20 Å². The third kappa shape index (κ3) is 9.68. The fourth-order valence-corrected chi connectivity index (χ4v) is 3.71. The zero-order valence-electron chi connectivity index (χ0n) is 20.5. The van der Waals surface area contributed by atoms with Gasteiger partial charge in [0.15, 0.2) is 11.9 Å². The number of amides is 2. The summed E-state index contributed by atoms with van der Waals surface area (Å²) in [6.45, 7) is 0.438. The van der Waals surface area contributed by atoms with Crippen LogP contribution < -0.4 is 39.3 Å². The maximum Gasteiger partial charge on any atom is 0.326 e. The lowest BCUT2D eigenvalue weighted by Gasteiger charge is -2.23. The number of guanidine groups is 2. The van der Waals surface area contributed by atoms with Gasteiger partial charge in [0.05, 0.1) is 6.04 Å². The van der Waals surface area contributed by atoms with E-state index in [0.717, 1.165) is 16.5 Å². The van der Waals surface area contributed by atoms with Crippen molar-refractivity contribution < 1.29 is 19.5 Å². The Morgan fingerprint density at radius 2 is 1.46 bits per heavy atom. The van der Waals surface area contributed by atoms with Crippen LogP contribution in [0.1, 0.15) is 31.2 Å². The molecule has 14 heteroatoms. The number of para-hydroxylation sites is 1. The number of nitrogens with two attached hydrogens (primary N) is 5. The number of nitrogens with one attached hydrogen (secondary N) is 3. The SMILES string of the molecule is NC(N)=NCCCC(NC(=O)C(CCCN=C(N)N)NC(=O)C(N)Cc1c[nH]c2ccccc12)C(=O)O. The van der Waals surface area contributed by atoms with E-state index in [2.05, 4.69) is 25.6 Å². The van der Waals surface area contributed by atoms with Crippen LogP contribution in [0.2, 0.25) is 0 Å². The summed E-state index contributed by atoms with van der Waals surface area (Å²) in [6, 6.07) is 4.43. The van der Waals surface area contributed by atoms with Gasteiger partial charge in [-0.1, -0.05) is 18.2 Å². The van der Waals surface area contributed by atoms with Crippen molar-refractivity contribution in [2.75, 3.05) is 13.1 Å². The Kier molecular flexibility index (Phi) is 11.2. The predicted molar refractivity (Wildman–Crippen MR) is 141 cm³/mol. The molecule has 2 amide bonds. The number of hydrogen-bond donors (Lipinski definition) is 9. The first-order valence-corrected chi connectivity index (χ1v) is 11.8. The van der Waals surface area contributed by atoms with Crippen LogP contribution in [-0.2, 0) is 20.8 Å². The van der Waals surface area contributed by atoms with Gasteiger partial charge in [0.2, 0.25) is 11.8 Å². The summed E-state index contributed by atoms with van der Waals surface area (Å²) in [6.07, 6.45) is 2.96. The van der Waals surface area contributed by atoms with Gasteiger partial charge in [0.1, 0.15) is 12.1 Å². The van der Waals surface area contributed by atoms with E-state index in [4.69, 9.17) is 28.7 Å². The number of benzene rings is 1. The number of aliphatic carboxylic acids is 1. The molecular formula is C23H36N10O4. The molecule has 1 aromatic heterocycles. The Balaban J connectivity index is 2.06. The Bertz CT molecular complexity index is 1120. The summed E-state index contributed by atoms with van der Waals surface area (Å²) in [5.74, 6) is -2.64. The highest BCUT2D eigenvalue weighted by Crippen LogP contribution is 2.18. The molecule has 0 aliphatic rings. The second-order valence-electron chi connectivity index (χ2n) is 8.53. The van der Waals surface area contributed by atoms with Gasteiger partial charge in [-0.2, -0.15) is 0 Å². The zero-order valence-corrected chi connectivity index (χ0v) is 20.5. The van der Waals surface area contributed by atoms with Gasteiger partial charge < -0.3 is 49.4 Å². The Morgan fingerprint density at radius 1 is 0.892 bits per heavy atom. The van der Waals surface area contributed by atoms with Gasteiger partial charge in [0.25, 0.3) is 0 Å². The van der Waals surface area contributed by atoms with E-state index in [9.17, 15) is 19.5 Å². The lowest BCUT2D eigenvalue weighted by molar-refractivity contribution is -0.142. The minimum atomic E-state index is -1.22. The number of carboxylic acid groups (broad SMARTS) is 1. The number of carbonyl (C=O) groups excluding carboxylic acids is 2. The molecular weight excluding hydrogens is 480 g/mol. The second kappa shape index (κ2) is 14.3. The van der Waals surface area contributed by atoms with Crippen molar-refractivity contribution in [2.45, 2.75) is 50.2 Å². The normalized spacial score (nSPS) is 13.2. The van der Waals surface area contributed by atoms with Crippen LogP contribution in [0.15, 0.2) is 40.4 Å². The number of carbonyl (C=O) groups is 3. The van der Waals surface area contributed by atoms with Crippen molar-refractivity contribution >= 4 is 40.6 Å². The molecule has 0 saturated heterocycles. The number of aromatic amines is 1. The maximum absolute atomic E-state index is 13.0. The van der Waals surface area contributed by atoms with Gasteiger partial charge in [0, 0.05) is 30.2 Å². The van der Waals surface area contributed by atoms with Crippen LogP contribution in [0.4, 0.5) is 0 Å². The fraction of sp³-hybridized carbons (Fsp3) is 0.435. The van der Waals surface area contributed by atoms with Crippen molar-refractivity contribution in [3.63, 3.8) is 0 Å². The number of aliphatic imine (C=N–C) groups is 2. The lowest BCUT2D eigenvalue weighted by Crippen LogP contribution is -2.54. The highest BCUT2D eigenvalue weighted by molar-refractivity contribution is 5.92. The first kappa shape index (κ1) is 28.9. The van der Waals surface area contributed by atoms with E-state index in [0.29, 0.717) is 12.8 Å². The number of rotatable bonds is 15. The highest BCUT2D eigenvalue weighted by Gasteiger charge is 2.28. The smallest absolute Gasteiger partial charge is 0.326 e. The zero-order chi connectivity index (χ0) is 27.4. The van der Waals surface area contributed by atoms with Crippen LogP contribution >= 0.6 is 0 Å². The van der Waals surface area contributed by atoms with Crippen molar-refractivity contribution in [1.29, 1.82) is 0 Å². The van der Waals surface area contributed by atoms with Crippen LogP contribution in [0.5, 0.6) is 0 Å². The van der Waals surface area contributed by atoms with Crippen molar-refractivity contribution in [3.8, 4) is 0 Å². The number of H-pyrrole nitrogens is 1. The molecule has 0 radical (unpaired) electrons. The standard InChI is InChI=1S/C23H36N10O4/c24-15(11-13-12-31-16-6-2-1-5-14(13)16)19(34)32-17(7-3-9-29-22(25)26)20(35)33-18(21(36)37)8-4-10-30-23(27)28/h1-2,5-6,12,15,17-18,31H,3-4,7-11,24H2,(H,32,34)(H,33,35)(H,36,37)(H4,25,26,29)(H4,27,28,30). The number of hydrogen-bond acceptors (Lipinski definition) is 6. The van der Waals surface area contributed by atoms with Crippen molar-refractivity contribution in [3.05, 3.63) is 36.0 Å². The third-order valence-electron chi connectivity index (χ3n) is 5.59. The molecule has 37 heavy (non-hydrogen) atoms. The molecule has 1 heterocycles. The van der Waals surface area contributed by atoms with Gasteiger partial charge in [-0.25, -0.2) is 4.79 Å². The molecule has 0 spiro atoms. The summed E-state index contributed by atoms with van der Waals surface area (Å²) >= 11 is 0. The predicted octanol–water partition coefficient (Wildman–Crippen LogP) is -1.80. The number of aromatic nitrogens is 1. The van der Waals surface area contributed by atoms with E-state index < -0.39 is 35.9 Å². The third-order valence-corrected chi connectivity index (χ3v) is 5.59. The van der Waals surface area contributed by atoms with Crippen LogP contribution in [0.25, 0.3) is 10.9 Å². The quantitative estimate of drug-likeness (QED) is 0.0732. The van der Waals surface area contributed by atoms with E-state index >= 15 is 0 Å². The Morgan fingerprint density at radius 3 is 2.05 bits per heavy atom. The molecule has 3 unspecified atom stereocenters. The molecule has 14 nitrogen and oxygen atoms in total. The van der Waals surface area contributed by atoms with E-state index in [-0.39, 0.29) is 44.3 Å². The first-order valence-electron chi connectivity index (χ1n) is 11.8. The molecule has 0 saturated carbocycles. The highest BCUT2D eigenvalue weighted by atomic mass is 16.4. The average Bonchev–Trinajstić information content (AvgIpc) is 3.24. The molecule has 2 aromatic rings. The molecule has 202 valence electrons. The molecule has 0 aliphatic carbocycles. The minimum absolute atomic E-state index is 0.0899. The summed E-state index contributed by atoms with van der Waals surface area (Å²) in [5.41, 5.74) is 29.2. The molecule has 14 N–H and O–H groups in total. The van der Waals surface area contributed by atoms with Crippen LogP contribution in [0.3, 0.4) is 0 Å². The Labute approximate surface area is 214 Å². The molecule has 0 aliphatic heterocycles. The minimum Gasteiger partial charge on any atom is -0.480 e. The number of fused-ring (bicyclic) bond motifs is 1. The number of nitrogens with zero attached hydrogens (tertiary/aromatic N) is 2. The van der Waals surface area contributed by atoms with Gasteiger partial charge in [-0.05, 0) is 43.7 Å². The lowest BCUT2D eigenvalue weighted by atomic mass is 10.0. The summed E-state index contributed by atoms with van der Waals surface area (Å²) in [7, 11) is 0. The van der Waals surface area contributed by atoms with Crippen molar-refractivity contribution in [1.82, 2.24) is 15.6 Å². The molecule has 1 aromatic carbocycles. The van der Waals surface area contributed by atoms with Gasteiger partial charge in [-0.15, -0.1) is 0 Å². The van der Waals surface area contributed by atoms with Crippen LogP contribution in [-0.4, -0.2) is 71.0 Å². The first-order chi connectivity index (χ1) is 17.6. The van der Waals surface area contributed by atoms with Gasteiger partial charge in [-0.3, -0.25) is 19.6 Å². The van der Waals surface area contributed by atoms with Gasteiger partial charge >= 0.3 is 5.97 Å². The largest absolute Gasteiger partial charge is 0.480 e. The molecule has 2 rings (SSSR count). The molecule has 0 fully saturated rings. The molecule has 0 bridgehead atoms. The maximum atomic E-state index is 13.0. The molecule has 3 atom stereocenters. The number of carboxylic acids is 1. The summed E-state index contributed by atoms with van der Waals surface area (Å²) in [4.78, 5) is 48.4.